The number of aromatic nitrogens is 2. The van der Waals surface area contributed by atoms with Gasteiger partial charge in [0.2, 0.25) is 5.88 Å². The first kappa shape index (κ1) is 13.2. The van der Waals surface area contributed by atoms with E-state index in [1.807, 2.05) is 0 Å². The normalized spacial score (nSPS) is 11.4. The molecule has 0 bridgehead atoms. The highest BCUT2D eigenvalue weighted by Gasteiger charge is 2.12. The highest BCUT2D eigenvalue weighted by Crippen LogP contribution is 2.26. The zero-order valence-corrected chi connectivity index (χ0v) is 11.0. The molecule has 6 nitrogen and oxygen atoms in total. The molecule has 8 heteroatoms. The van der Waals surface area contributed by atoms with E-state index in [0.717, 1.165) is 0 Å². The molecular weight excluding hydrogens is 319 g/mol. The number of hydrogen-bond acceptors (Lipinski definition) is 5. The number of benzene rings is 1. The molecule has 0 saturated heterocycles. The van der Waals surface area contributed by atoms with E-state index < -0.39 is 5.82 Å². The molecule has 0 atom stereocenters. The first-order chi connectivity index (χ1) is 9.10. The third kappa shape index (κ3) is 3.16. The van der Waals surface area contributed by atoms with Crippen molar-refractivity contribution in [1.82, 2.24) is 10.2 Å². The SMILES string of the molecule is N/C(=N/O)c1ccnnc1Oc1cc(F)cc(Br)c1. The Morgan fingerprint density at radius 1 is 1.42 bits per heavy atom. The van der Waals surface area contributed by atoms with Crippen LogP contribution in [0.25, 0.3) is 0 Å². The number of oxime groups is 1. The van der Waals surface area contributed by atoms with Crippen molar-refractivity contribution in [3.8, 4) is 11.6 Å². The lowest BCUT2D eigenvalue weighted by Gasteiger charge is -2.08. The molecule has 0 saturated carbocycles. The van der Waals surface area contributed by atoms with Crippen molar-refractivity contribution >= 4 is 21.8 Å². The third-order valence-electron chi connectivity index (χ3n) is 2.12. The first-order valence-electron chi connectivity index (χ1n) is 5.03. The van der Waals surface area contributed by atoms with Crippen LogP contribution in [0.15, 0.2) is 40.1 Å². The van der Waals surface area contributed by atoms with E-state index in [1.165, 1.54) is 24.4 Å². The van der Waals surface area contributed by atoms with Gasteiger partial charge in [-0.15, -0.1) is 5.10 Å². The molecule has 2 rings (SSSR count). The first-order valence-corrected chi connectivity index (χ1v) is 5.83. The van der Waals surface area contributed by atoms with Crippen molar-refractivity contribution in [1.29, 1.82) is 0 Å². The molecule has 19 heavy (non-hydrogen) atoms. The number of ether oxygens (including phenoxy) is 1. The standard InChI is InChI=1S/C11H8BrFN4O2/c12-6-3-7(13)5-8(4-6)19-11-9(10(14)17-18)1-2-15-16-11/h1-5,18H,(H2,14,17). The number of rotatable bonds is 3. The van der Waals surface area contributed by atoms with E-state index in [4.69, 9.17) is 15.7 Å². The Morgan fingerprint density at radius 2 is 2.21 bits per heavy atom. The molecule has 98 valence electrons. The zero-order valence-electron chi connectivity index (χ0n) is 9.42. The Bertz CT molecular complexity index is 616. The van der Waals surface area contributed by atoms with Crippen molar-refractivity contribution in [3.63, 3.8) is 0 Å². The van der Waals surface area contributed by atoms with Gasteiger partial charge < -0.3 is 15.7 Å². The maximum Gasteiger partial charge on any atom is 0.250 e. The summed E-state index contributed by atoms with van der Waals surface area (Å²) in [5, 5.41) is 18.9. The molecule has 2 aromatic rings. The number of amidine groups is 1. The Morgan fingerprint density at radius 3 is 2.89 bits per heavy atom. The fraction of sp³-hybridized carbons (Fsp3) is 0. The van der Waals surface area contributed by atoms with E-state index in [2.05, 4.69) is 31.3 Å². The Balaban J connectivity index is 2.38. The summed E-state index contributed by atoms with van der Waals surface area (Å²) in [4.78, 5) is 0. The quantitative estimate of drug-likeness (QED) is 0.390. The topological polar surface area (TPSA) is 93.6 Å². The van der Waals surface area contributed by atoms with E-state index in [1.54, 1.807) is 6.07 Å². The Labute approximate surface area is 115 Å². The highest BCUT2D eigenvalue weighted by molar-refractivity contribution is 9.10. The van der Waals surface area contributed by atoms with Crippen LogP contribution in [-0.4, -0.2) is 21.2 Å². The maximum atomic E-state index is 13.2. The summed E-state index contributed by atoms with van der Waals surface area (Å²) in [6, 6.07) is 5.48. The number of hydrogen-bond donors (Lipinski definition) is 2. The summed E-state index contributed by atoms with van der Waals surface area (Å²) < 4.78 is 19.1. The van der Waals surface area contributed by atoms with Crippen molar-refractivity contribution < 1.29 is 14.3 Å². The van der Waals surface area contributed by atoms with Gasteiger partial charge in [0, 0.05) is 10.5 Å². The molecule has 0 aliphatic heterocycles. The molecule has 0 aliphatic carbocycles. The van der Waals surface area contributed by atoms with Gasteiger partial charge in [-0.25, -0.2) is 4.39 Å². The summed E-state index contributed by atoms with van der Waals surface area (Å²) in [5.74, 6) is -0.436. The Hall–Kier alpha value is -2.22. The van der Waals surface area contributed by atoms with Gasteiger partial charge >= 0.3 is 0 Å². The third-order valence-corrected chi connectivity index (χ3v) is 2.58. The lowest BCUT2D eigenvalue weighted by atomic mass is 10.3. The van der Waals surface area contributed by atoms with Gasteiger partial charge in [0.15, 0.2) is 5.84 Å². The van der Waals surface area contributed by atoms with Gasteiger partial charge in [-0.3, -0.25) is 0 Å². The largest absolute Gasteiger partial charge is 0.437 e. The minimum absolute atomic E-state index is 0.00954. The van der Waals surface area contributed by atoms with Crippen molar-refractivity contribution in [2.24, 2.45) is 10.9 Å². The molecule has 0 aliphatic rings. The molecule has 3 N–H and O–H groups in total. The molecule has 1 heterocycles. The molecule has 1 aromatic carbocycles. The molecule has 0 radical (unpaired) electrons. The van der Waals surface area contributed by atoms with E-state index in [-0.39, 0.29) is 23.0 Å². The molecule has 0 spiro atoms. The fourth-order valence-corrected chi connectivity index (χ4v) is 1.79. The van der Waals surface area contributed by atoms with Crippen LogP contribution in [0.2, 0.25) is 0 Å². The van der Waals surface area contributed by atoms with Gasteiger partial charge in [-0.2, -0.15) is 5.10 Å². The molecule has 1 aromatic heterocycles. The van der Waals surface area contributed by atoms with Crippen molar-refractivity contribution in [3.05, 3.63) is 46.3 Å². The minimum atomic E-state index is -0.474. The molecule has 0 amide bonds. The second-order valence-corrected chi connectivity index (χ2v) is 4.36. The van der Waals surface area contributed by atoms with Crippen LogP contribution in [0.4, 0.5) is 4.39 Å². The van der Waals surface area contributed by atoms with Gasteiger partial charge in [0.05, 0.1) is 11.8 Å². The summed E-state index contributed by atoms with van der Waals surface area (Å²) in [6.07, 6.45) is 1.36. The van der Waals surface area contributed by atoms with Crippen LogP contribution in [0.1, 0.15) is 5.56 Å². The van der Waals surface area contributed by atoms with E-state index >= 15 is 0 Å². The van der Waals surface area contributed by atoms with Crippen LogP contribution in [-0.2, 0) is 0 Å². The number of nitrogens with two attached hydrogens (primary N) is 1. The Kier molecular flexibility index (Phi) is 3.91. The summed E-state index contributed by atoms with van der Waals surface area (Å²) in [7, 11) is 0. The van der Waals surface area contributed by atoms with Gasteiger partial charge in [-0.1, -0.05) is 21.1 Å². The average molecular weight is 327 g/mol. The van der Waals surface area contributed by atoms with E-state index in [0.29, 0.717) is 4.47 Å². The van der Waals surface area contributed by atoms with Crippen molar-refractivity contribution in [2.75, 3.05) is 0 Å². The van der Waals surface area contributed by atoms with Gasteiger partial charge in [0.1, 0.15) is 11.6 Å². The maximum absolute atomic E-state index is 13.2. The summed E-state index contributed by atoms with van der Waals surface area (Å²) >= 11 is 3.14. The second kappa shape index (κ2) is 5.61. The van der Waals surface area contributed by atoms with Crippen LogP contribution in [0.3, 0.4) is 0 Å². The van der Waals surface area contributed by atoms with Crippen LogP contribution in [0.5, 0.6) is 11.6 Å². The lowest BCUT2D eigenvalue weighted by molar-refractivity contribution is 0.318. The second-order valence-electron chi connectivity index (χ2n) is 3.44. The smallest absolute Gasteiger partial charge is 0.250 e. The fourth-order valence-electron chi connectivity index (χ4n) is 1.34. The summed E-state index contributed by atoms with van der Waals surface area (Å²) in [5.41, 5.74) is 5.73. The van der Waals surface area contributed by atoms with Gasteiger partial charge in [0.25, 0.3) is 0 Å². The average Bonchev–Trinajstić information content (AvgIpc) is 2.37. The van der Waals surface area contributed by atoms with E-state index in [9.17, 15) is 4.39 Å². The number of halogens is 2. The predicted octanol–water partition coefficient (Wildman–Crippen LogP) is 2.27. The van der Waals surface area contributed by atoms with Gasteiger partial charge in [-0.05, 0) is 18.2 Å². The van der Waals surface area contributed by atoms with Crippen LogP contribution in [0, 0.1) is 5.82 Å². The lowest BCUT2D eigenvalue weighted by Crippen LogP contribution is -2.15. The highest BCUT2D eigenvalue weighted by atomic mass is 79.9. The number of nitrogens with zero attached hydrogens (tertiary/aromatic N) is 3. The molecular formula is C11H8BrFN4O2. The van der Waals surface area contributed by atoms with Crippen LogP contribution >= 0.6 is 15.9 Å². The van der Waals surface area contributed by atoms with Crippen molar-refractivity contribution in [2.45, 2.75) is 0 Å². The van der Waals surface area contributed by atoms with Crippen LogP contribution < -0.4 is 10.5 Å². The molecule has 0 unspecified atom stereocenters. The minimum Gasteiger partial charge on any atom is -0.437 e. The predicted molar refractivity (Wildman–Crippen MR) is 68.7 cm³/mol. The monoisotopic (exact) mass is 326 g/mol. The molecule has 0 fully saturated rings. The zero-order chi connectivity index (χ0) is 13.8. The summed E-state index contributed by atoms with van der Waals surface area (Å²) in [6.45, 7) is 0.